The highest BCUT2D eigenvalue weighted by Crippen LogP contribution is 2.29. The van der Waals surface area contributed by atoms with E-state index in [2.05, 4.69) is 15.9 Å². The van der Waals surface area contributed by atoms with E-state index in [1.807, 2.05) is 11.8 Å². The number of nitrogens with zero attached hydrogens (tertiary/aromatic N) is 1. The highest BCUT2D eigenvalue weighted by molar-refractivity contribution is 9.10. The fourth-order valence-corrected chi connectivity index (χ4v) is 2.12. The zero-order valence-corrected chi connectivity index (χ0v) is 11.3. The lowest BCUT2D eigenvalue weighted by molar-refractivity contribution is 0.0742. The molecule has 2 nitrogen and oxygen atoms in total. The number of hydrogen-bond donors (Lipinski definition) is 0. The Balaban J connectivity index is 2.19. The Kier molecular flexibility index (Phi) is 3.82. The minimum absolute atomic E-state index is 0.0549. The van der Waals surface area contributed by atoms with Gasteiger partial charge in [0, 0.05) is 18.2 Å². The second-order valence-electron chi connectivity index (χ2n) is 4.36. The minimum Gasteiger partial charge on any atom is -0.336 e. The van der Waals surface area contributed by atoms with Gasteiger partial charge in [-0.05, 0) is 53.4 Å². The summed E-state index contributed by atoms with van der Waals surface area (Å²) in [6.07, 6.45) is 3.08. The van der Waals surface area contributed by atoms with Crippen LogP contribution in [0, 0.1) is 5.82 Å². The van der Waals surface area contributed by atoms with Crippen molar-refractivity contribution in [3.05, 3.63) is 34.1 Å². The van der Waals surface area contributed by atoms with Gasteiger partial charge in [-0.1, -0.05) is 6.92 Å². The average molecular weight is 300 g/mol. The third kappa shape index (κ3) is 2.86. The van der Waals surface area contributed by atoms with Gasteiger partial charge in [0.05, 0.1) is 4.47 Å². The van der Waals surface area contributed by atoms with Crippen LogP contribution in [0.3, 0.4) is 0 Å². The van der Waals surface area contributed by atoms with E-state index >= 15 is 0 Å². The van der Waals surface area contributed by atoms with Crippen molar-refractivity contribution in [3.63, 3.8) is 0 Å². The fourth-order valence-electron chi connectivity index (χ4n) is 1.87. The van der Waals surface area contributed by atoms with Crippen LogP contribution >= 0.6 is 15.9 Å². The van der Waals surface area contributed by atoms with Crippen molar-refractivity contribution in [1.82, 2.24) is 4.90 Å². The van der Waals surface area contributed by atoms with Gasteiger partial charge in [0.1, 0.15) is 5.82 Å². The average Bonchev–Trinajstić information content (AvgIpc) is 3.13. The predicted molar refractivity (Wildman–Crippen MR) is 68.4 cm³/mol. The van der Waals surface area contributed by atoms with Gasteiger partial charge < -0.3 is 4.90 Å². The van der Waals surface area contributed by atoms with Crippen molar-refractivity contribution in [2.24, 2.45) is 0 Å². The number of benzene rings is 1. The van der Waals surface area contributed by atoms with E-state index in [0.717, 1.165) is 25.8 Å². The summed E-state index contributed by atoms with van der Waals surface area (Å²) < 4.78 is 13.8. The topological polar surface area (TPSA) is 20.3 Å². The first kappa shape index (κ1) is 12.6. The molecule has 0 heterocycles. The van der Waals surface area contributed by atoms with Gasteiger partial charge in [-0.2, -0.15) is 0 Å². The second-order valence-corrected chi connectivity index (χ2v) is 5.21. The molecule has 0 spiro atoms. The van der Waals surface area contributed by atoms with Gasteiger partial charge in [0.25, 0.3) is 5.91 Å². The van der Waals surface area contributed by atoms with Crippen LogP contribution in [-0.2, 0) is 0 Å². The maximum absolute atomic E-state index is 13.4. The lowest BCUT2D eigenvalue weighted by atomic mass is 10.2. The molecule has 1 fully saturated rings. The minimum atomic E-state index is -0.386. The standard InChI is InChI=1S/C13H15BrFNO/c1-2-7-16(10-4-5-10)13(17)9-3-6-11(14)12(15)8-9/h3,6,8,10H,2,4-5,7H2,1H3. The summed E-state index contributed by atoms with van der Waals surface area (Å²) in [5, 5.41) is 0. The summed E-state index contributed by atoms with van der Waals surface area (Å²) in [5.74, 6) is -0.441. The highest BCUT2D eigenvalue weighted by atomic mass is 79.9. The van der Waals surface area contributed by atoms with Gasteiger partial charge in [-0.3, -0.25) is 4.79 Å². The quantitative estimate of drug-likeness (QED) is 0.832. The molecular formula is C13H15BrFNO. The number of amides is 1. The summed E-state index contributed by atoms with van der Waals surface area (Å²) in [5.41, 5.74) is 0.436. The van der Waals surface area contributed by atoms with Crippen LogP contribution < -0.4 is 0 Å². The normalized spacial score (nSPS) is 14.8. The van der Waals surface area contributed by atoms with Crippen LogP contribution in [0.1, 0.15) is 36.5 Å². The molecule has 1 saturated carbocycles. The number of rotatable bonds is 4. The molecule has 1 amide bonds. The summed E-state index contributed by atoms with van der Waals surface area (Å²) in [4.78, 5) is 14.1. The smallest absolute Gasteiger partial charge is 0.254 e. The summed E-state index contributed by atoms with van der Waals surface area (Å²) in [6, 6.07) is 4.92. The molecule has 0 atom stereocenters. The lowest BCUT2D eigenvalue weighted by Gasteiger charge is -2.21. The Morgan fingerprint density at radius 3 is 2.76 bits per heavy atom. The van der Waals surface area contributed by atoms with Gasteiger partial charge in [-0.15, -0.1) is 0 Å². The molecule has 0 radical (unpaired) electrons. The molecule has 92 valence electrons. The van der Waals surface area contributed by atoms with E-state index in [1.54, 1.807) is 12.1 Å². The Labute approximate surface area is 109 Å². The third-order valence-electron chi connectivity index (χ3n) is 2.88. The van der Waals surface area contributed by atoms with E-state index in [1.165, 1.54) is 6.07 Å². The van der Waals surface area contributed by atoms with E-state index in [0.29, 0.717) is 16.1 Å². The van der Waals surface area contributed by atoms with E-state index in [9.17, 15) is 9.18 Å². The van der Waals surface area contributed by atoms with Crippen LogP contribution in [0.5, 0.6) is 0 Å². The molecule has 4 heteroatoms. The monoisotopic (exact) mass is 299 g/mol. The van der Waals surface area contributed by atoms with Crippen molar-refractivity contribution in [2.45, 2.75) is 32.2 Å². The van der Waals surface area contributed by atoms with Crippen molar-refractivity contribution < 1.29 is 9.18 Å². The Morgan fingerprint density at radius 2 is 2.24 bits per heavy atom. The molecule has 1 aliphatic rings. The largest absolute Gasteiger partial charge is 0.336 e. The Hall–Kier alpha value is -0.900. The van der Waals surface area contributed by atoms with Gasteiger partial charge in [0.15, 0.2) is 0 Å². The van der Waals surface area contributed by atoms with Crippen LogP contribution in [0.2, 0.25) is 0 Å². The molecule has 1 aromatic rings. The fraction of sp³-hybridized carbons (Fsp3) is 0.462. The van der Waals surface area contributed by atoms with Crippen molar-refractivity contribution in [1.29, 1.82) is 0 Å². The molecule has 1 aliphatic carbocycles. The first-order chi connectivity index (χ1) is 8.13. The van der Waals surface area contributed by atoms with E-state index in [-0.39, 0.29) is 11.7 Å². The van der Waals surface area contributed by atoms with Gasteiger partial charge in [-0.25, -0.2) is 4.39 Å². The Morgan fingerprint density at radius 1 is 1.53 bits per heavy atom. The predicted octanol–water partition coefficient (Wildman–Crippen LogP) is 3.60. The molecule has 17 heavy (non-hydrogen) atoms. The maximum atomic E-state index is 13.4. The number of carbonyl (C=O) groups is 1. The zero-order chi connectivity index (χ0) is 12.4. The molecule has 1 aromatic carbocycles. The van der Waals surface area contributed by atoms with Crippen LogP contribution in [0.15, 0.2) is 22.7 Å². The molecule has 0 aliphatic heterocycles. The van der Waals surface area contributed by atoms with Crippen molar-refractivity contribution in [2.75, 3.05) is 6.54 Å². The third-order valence-corrected chi connectivity index (χ3v) is 3.52. The number of hydrogen-bond acceptors (Lipinski definition) is 1. The molecule has 2 rings (SSSR count). The molecule has 0 bridgehead atoms. The Bertz CT molecular complexity index is 431. The second kappa shape index (κ2) is 5.17. The molecular weight excluding hydrogens is 285 g/mol. The summed E-state index contributed by atoms with van der Waals surface area (Å²) in [6.45, 7) is 2.80. The molecule has 0 saturated heterocycles. The van der Waals surface area contributed by atoms with Crippen LogP contribution in [0.4, 0.5) is 4.39 Å². The first-order valence-corrected chi connectivity index (χ1v) is 6.68. The summed E-state index contributed by atoms with van der Waals surface area (Å²) in [7, 11) is 0. The molecule has 0 aromatic heterocycles. The van der Waals surface area contributed by atoms with E-state index < -0.39 is 0 Å². The van der Waals surface area contributed by atoms with Gasteiger partial charge >= 0.3 is 0 Å². The van der Waals surface area contributed by atoms with Crippen LogP contribution in [-0.4, -0.2) is 23.4 Å². The van der Waals surface area contributed by atoms with E-state index in [4.69, 9.17) is 0 Å². The van der Waals surface area contributed by atoms with Crippen molar-refractivity contribution in [3.8, 4) is 0 Å². The maximum Gasteiger partial charge on any atom is 0.254 e. The summed E-state index contributed by atoms with van der Waals surface area (Å²) >= 11 is 3.09. The van der Waals surface area contributed by atoms with Crippen LogP contribution in [0.25, 0.3) is 0 Å². The SMILES string of the molecule is CCCN(C(=O)c1ccc(Br)c(F)c1)C1CC1. The number of carbonyl (C=O) groups excluding carboxylic acids is 1. The molecule has 0 unspecified atom stereocenters. The number of halogens is 2. The van der Waals surface area contributed by atoms with Gasteiger partial charge in [0.2, 0.25) is 0 Å². The highest BCUT2D eigenvalue weighted by Gasteiger charge is 2.32. The zero-order valence-electron chi connectivity index (χ0n) is 9.75. The molecule has 0 N–H and O–H groups in total. The van der Waals surface area contributed by atoms with Crippen molar-refractivity contribution >= 4 is 21.8 Å². The lowest BCUT2D eigenvalue weighted by Crippen LogP contribution is -2.33. The first-order valence-electron chi connectivity index (χ1n) is 5.89.